The summed E-state index contributed by atoms with van der Waals surface area (Å²) in [5, 5.41) is 10.8. The molecule has 2 aliphatic carbocycles. The first-order valence-corrected chi connectivity index (χ1v) is 7.91. The lowest BCUT2D eigenvalue weighted by Gasteiger charge is -2.07. The molecule has 122 valence electrons. The maximum Gasteiger partial charge on any atom is 0.288 e. The Hall–Kier alpha value is -2.15. The molecule has 1 aromatic rings. The number of carbonyl (C=O) groups excluding carboxylic acids is 2. The van der Waals surface area contributed by atoms with E-state index in [0.717, 1.165) is 31.7 Å². The Balaban J connectivity index is 1.58. The lowest BCUT2D eigenvalue weighted by Crippen LogP contribution is -2.42. The monoisotopic (exact) mass is 337 g/mol. The topological polar surface area (TPSA) is 101 Å². The maximum atomic E-state index is 12.1. The molecule has 0 saturated heterocycles. The van der Waals surface area contributed by atoms with Crippen LogP contribution < -0.4 is 10.9 Å². The number of hydrazine groups is 1. The molecule has 3 rings (SSSR count). The molecule has 0 aliphatic heterocycles. The molecule has 23 heavy (non-hydrogen) atoms. The average Bonchev–Trinajstić information content (AvgIpc) is 3.27. The summed E-state index contributed by atoms with van der Waals surface area (Å²) in [6.45, 7) is 0. The van der Waals surface area contributed by atoms with Crippen LogP contribution in [0, 0.1) is 27.9 Å². The summed E-state index contributed by atoms with van der Waals surface area (Å²) >= 11 is 5.70. The Labute approximate surface area is 137 Å². The molecule has 0 aromatic heterocycles. The minimum atomic E-state index is -0.660. The first-order valence-electron chi connectivity index (χ1n) is 7.53. The van der Waals surface area contributed by atoms with E-state index in [-0.39, 0.29) is 28.1 Å². The normalized spacial score (nSPS) is 25.2. The third-order valence-electron chi connectivity index (χ3n) is 4.66. The van der Waals surface area contributed by atoms with Crippen LogP contribution >= 0.6 is 11.6 Å². The molecule has 2 aliphatic rings. The second kappa shape index (κ2) is 6.16. The van der Waals surface area contributed by atoms with Crippen LogP contribution in [0.25, 0.3) is 0 Å². The summed E-state index contributed by atoms with van der Waals surface area (Å²) in [4.78, 5) is 34.2. The highest BCUT2D eigenvalue weighted by Gasteiger charge is 2.54. The van der Waals surface area contributed by atoms with Crippen molar-refractivity contribution in [1.82, 2.24) is 10.9 Å². The fourth-order valence-corrected chi connectivity index (χ4v) is 3.64. The van der Waals surface area contributed by atoms with E-state index in [4.69, 9.17) is 11.6 Å². The third kappa shape index (κ3) is 3.14. The molecule has 8 heteroatoms. The smallest absolute Gasteiger partial charge is 0.273 e. The number of fused-ring (bicyclic) bond motifs is 1. The number of rotatable bonds is 3. The van der Waals surface area contributed by atoms with Crippen LogP contribution in [0.3, 0.4) is 0 Å². The number of nitrogens with one attached hydrogen (secondary N) is 2. The van der Waals surface area contributed by atoms with Gasteiger partial charge in [-0.05, 0) is 36.8 Å². The van der Waals surface area contributed by atoms with Crippen molar-refractivity contribution in [2.45, 2.75) is 25.7 Å². The molecule has 0 unspecified atom stereocenters. The molecule has 0 bridgehead atoms. The lowest BCUT2D eigenvalue weighted by atomic mass is 10.0. The number of carbonyl (C=O) groups is 2. The standard InChI is InChI=1S/C15H16ClN3O4/c16-11-6-5-8(7-12(11)19(22)23)14(20)17-18-15(21)13-9-3-1-2-4-10(9)13/h5-7,9-10,13H,1-4H2,(H,17,20)(H,18,21)/t9-,10-/m0/s1. The Kier molecular flexibility index (Phi) is 4.21. The van der Waals surface area contributed by atoms with Gasteiger partial charge in [-0.2, -0.15) is 0 Å². The quantitative estimate of drug-likeness (QED) is 0.653. The predicted molar refractivity (Wildman–Crippen MR) is 82.7 cm³/mol. The number of nitro benzene ring substituents is 1. The third-order valence-corrected chi connectivity index (χ3v) is 4.98. The van der Waals surface area contributed by atoms with E-state index in [1.54, 1.807) is 0 Å². The SMILES string of the molecule is O=C(NNC(=O)C1[C@H]2CCCC[C@H]12)c1ccc(Cl)c([N+](=O)[O-])c1. The van der Waals surface area contributed by atoms with Crippen molar-refractivity contribution in [3.8, 4) is 0 Å². The molecule has 2 N–H and O–H groups in total. The molecule has 2 amide bonds. The molecule has 2 atom stereocenters. The molecule has 0 radical (unpaired) electrons. The molecule has 1 aromatic carbocycles. The zero-order valence-electron chi connectivity index (χ0n) is 12.3. The molecule has 0 heterocycles. The van der Waals surface area contributed by atoms with Crippen molar-refractivity contribution in [3.63, 3.8) is 0 Å². The minimum absolute atomic E-state index is 0.0163. The van der Waals surface area contributed by atoms with E-state index in [2.05, 4.69) is 10.9 Å². The zero-order chi connectivity index (χ0) is 16.6. The Morgan fingerprint density at radius 1 is 1.17 bits per heavy atom. The van der Waals surface area contributed by atoms with Crippen molar-refractivity contribution in [1.29, 1.82) is 0 Å². The maximum absolute atomic E-state index is 12.1. The molecule has 7 nitrogen and oxygen atoms in total. The van der Waals surface area contributed by atoms with Gasteiger partial charge in [-0.3, -0.25) is 30.6 Å². The minimum Gasteiger partial charge on any atom is -0.273 e. The number of benzene rings is 1. The van der Waals surface area contributed by atoms with E-state index in [1.165, 1.54) is 12.1 Å². The van der Waals surface area contributed by atoms with Crippen LogP contribution in [0.4, 0.5) is 5.69 Å². The largest absolute Gasteiger partial charge is 0.288 e. The van der Waals surface area contributed by atoms with E-state index in [1.807, 2.05) is 0 Å². The van der Waals surface area contributed by atoms with Crippen molar-refractivity contribution in [3.05, 3.63) is 38.9 Å². The second-order valence-corrected chi connectivity index (χ2v) is 6.41. The van der Waals surface area contributed by atoms with Crippen LogP contribution in [0.15, 0.2) is 18.2 Å². The van der Waals surface area contributed by atoms with Gasteiger partial charge in [0.2, 0.25) is 5.91 Å². The van der Waals surface area contributed by atoms with Gasteiger partial charge in [-0.25, -0.2) is 0 Å². The number of nitrogens with zero attached hydrogens (tertiary/aromatic N) is 1. The summed E-state index contributed by atoms with van der Waals surface area (Å²) in [7, 11) is 0. The number of halogens is 1. The second-order valence-electron chi connectivity index (χ2n) is 6.00. The average molecular weight is 338 g/mol. The van der Waals surface area contributed by atoms with Gasteiger partial charge in [0, 0.05) is 17.5 Å². The highest BCUT2D eigenvalue weighted by atomic mass is 35.5. The van der Waals surface area contributed by atoms with E-state index in [9.17, 15) is 19.7 Å². The van der Waals surface area contributed by atoms with Gasteiger partial charge in [0.05, 0.1) is 4.92 Å². The number of hydrogen-bond donors (Lipinski definition) is 2. The predicted octanol–water partition coefficient (Wildman–Crippen LogP) is 2.45. The van der Waals surface area contributed by atoms with E-state index < -0.39 is 10.8 Å². The number of amides is 2. The first-order chi connectivity index (χ1) is 11.0. The van der Waals surface area contributed by atoms with Gasteiger partial charge in [-0.1, -0.05) is 24.4 Å². The van der Waals surface area contributed by atoms with Gasteiger partial charge in [-0.15, -0.1) is 0 Å². The highest BCUT2D eigenvalue weighted by Crippen LogP contribution is 2.55. The molecule has 0 spiro atoms. The Morgan fingerprint density at radius 3 is 2.43 bits per heavy atom. The van der Waals surface area contributed by atoms with Gasteiger partial charge in [0.1, 0.15) is 5.02 Å². The van der Waals surface area contributed by atoms with Crippen LogP contribution in [0.5, 0.6) is 0 Å². The molecular formula is C15H16ClN3O4. The van der Waals surface area contributed by atoms with Crippen molar-refractivity contribution in [2.24, 2.45) is 17.8 Å². The summed E-state index contributed by atoms with van der Waals surface area (Å²) in [5.41, 5.74) is 4.45. The zero-order valence-corrected chi connectivity index (χ0v) is 13.0. The van der Waals surface area contributed by atoms with Gasteiger partial charge >= 0.3 is 0 Å². The summed E-state index contributed by atoms with van der Waals surface area (Å²) in [5.74, 6) is 0.0762. The van der Waals surface area contributed by atoms with E-state index in [0.29, 0.717) is 11.8 Å². The first kappa shape index (κ1) is 15.7. The fourth-order valence-electron chi connectivity index (χ4n) is 3.45. The molecular weight excluding hydrogens is 322 g/mol. The lowest BCUT2D eigenvalue weighted by molar-refractivity contribution is -0.384. The molecule has 2 fully saturated rings. The number of nitro groups is 1. The summed E-state index contributed by atoms with van der Waals surface area (Å²) in [6.07, 6.45) is 4.46. The van der Waals surface area contributed by atoms with Crippen LogP contribution in [0.2, 0.25) is 5.02 Å². The summed E-state index contributed by atoms with van der Waals surface area (Å²) < 4.78 is 0. The van der Waals surface area contributed by atoms with Gasteiger partial charge in [0.25, 0.3) is 11.6 Å². The van der Waals surface area contributed by atoms with Crippen LogP contribution in [-0.4, -0.2) is 16.7 Å². The highest BCUT2D eigenvalue weighted by molar-refractivity contribution is 6.32. The fraction of sp³-hybridized carbons (Fsp3) is 0.467. The van der Waals surface area contributed by atoms with Crippen molar-refractivity contribution in [2.75, 3.05) is 0 Å². The summed E-state index contributed by atoms with van der Waals surface area (Å²) in [6, 6.07) is 3.74. The van der Waals surface area contributed by atoms with Crippen molar-refractivity contribution >= 4 is 29.1 Å². The number of hydrogen-bond acceptors (Lipinski definition) is 4. The Bertz CT molecular complexity index is 667. The molecule has 2 saturated carbocycles. The van der Waals surface area contributed by atoms with E-state index >= 15 is 0 Å². The van der Waals surface area contributed by atoms with Crippen molar-refractivity contribution < 1.29 is 14.5 Å². The van der Waals surface area contributed by atoms with Gasteiger partial charge < -0.3 is 0 Å². The Morgan fingerprint density at radius 2 is 1.83 bits per heavy atom. The van der Waals surface area contributed by atoms with Gasteiger partial charge in [0.15, 0.2) is 0 Å². The van der Waals surface area contributed by atoms with Crippen LogP contribution in [0.1, 0.15) is 36.0 Å². The van der Waals surface area contributed by atoms with Crippen LogP contribution in [-0.2, 0) is 4.79 Å².